The molecule has 5 nitrogen and oxygen atoms in total. The monoisotopic (exact) mass is 140 g/mol. The summed E-state index contributed by atoms with van der Waals surface area (Å²) < 4.78 is 1.21. The molecule has 54 valence electrons. The minimum atomic E-state index is 0.278. The van der Waals surface area contributed by atoms with Crippen LogP contribution in [-0.2, 0) is 0 Å². The summed E-state index contributed by atoms with van der Waals surface area (Å²) in [4.78, 5) is 0. The van der Waals surface area contributed by atoms with E-state index in [2.05, 4.69) is 0 Å². The Labute approximate surface area is 58.2 Å². The molecule has 0 aliphatic rings. The first-order valence-corrected chi connectivity index (χ1v) is 2.73. The quantitative estimate of drug-likeness (QED) is 0.258. The zero-order valence-corrected chi connectivity index (χ0v) is 5.41. The van der Waals surface area contributed by atoms with Crippen LogP contribution in [0, 0.1) is 0 Å². The fourth-order valence-electron chi connectivity index (χ4n) is 0.618. The van der Waals surface area contributed by atoms with E-state index >= 15 is 0 Å². The molecule has 10 heavy (non-hydrogen) atoms. The molecule has 0 amide bonds. The van der Waals surface area contributed by atoms with Crippen LogP contribution in [0.4, 0.5) is 17.2 Å². The predicted octanol–water partition coefficient (Wildman–Crippen LogP) is -1.57. The first-order valence-electron chi connectivity index (χ1n) is 2.73. The number of nitrogen functional groups attached to an aromatic ring is 4. The van der Waals surface area contributed by atoms with Crippen molar-refractivity contribution in [2.75, 3.05) is 23.0 Å². The van der Waals surface area contributed by atoms with Crippen LogP contribution in [0.25, 0.3) is 0 Å². The molecule has 8 N–H and O–H groups in total. The van der Waals surface area contributed by atoms with E-state index in [0.717, 1.165) is 0 Å². The lowest BCUT2D eigenvalue weighted by atomic mass is 10.3. The summed E-state index contributed by atoms with van der Waals surface area (Å²) in [6.45, 7) is 0. The van der Waals surface area contributed by atoms with Gasteiger partial charge in [0.05, 0.1) is 5.69 Å². The van der Waals surface area contributed by atoms with E-state index in [9.17, 15) is 0 Å². The summed E-state index contributed by atoms with van der Waals surface area (Å²) in [5.41, 5.74) is 17.0. The topological polar surface area (TPSA) is 108 Å². The smallest absolute Gasteiger partial charge is 0.321 e. The Hall–Kier alpha value is -1.65. The van der Waals surface area contributed by atoms with Gasteiger partial charge >= 0.3 is 5.82 Å². The van der Waals surface area contributed by atoms with Crippen molar-refractivity contribution in [2.45, 2.75) is 0 Å². The third-order valence-electron chi connectivity index (χ3n) is 1.28. The number of pyridine rings is 1. The van der Waals surface area contributed by atoms with Gasteiger partial charge in [-0.2, -0.15) is 0 Å². The molecule has 0 aliphatic heterocycles. The Bertz CT molecular complexity index is 229. The van der Waals surface area contributed by atoms with Crippen molar-refractivity contribution in [2.24, 2.45) is 0 Å². The maximum Gasteiger partial charge on any atom is 0.321 e. The molecule has 1 rings (SSSR count). The minimum absolute atomic E-state index is 0.278. The molecule has 0 bridgehead atoms. The standard InChI is InChI=1S/C5H9N5/c6-3-1-2-10(9)5(8)4(3)7/h1-2H,7,9H2,(H3,6,8)/p+1. The van der Waals surface area contributed by atoms with E-state index in [0.29, 0.717) is 11.4 Å². The average Bonchev–Trinajstić information content (AvgIpc) is 1.93. The van der Waals surface area contributed by atoms with Gasteiger partial charge in [0, 0.05) is 6.07 Å². The Morgan fingerprint density at radius 3 is 2.30 bits per heavy atom. The lowest BCUT2D eigenvalue weighted by molar-refractivity contribution is -0.623. The third-order valence-corrected chi connectivity index (χ3v) is 1.28. The molecule has 5 heteroatoms. The van der Waals surface area contributed by atoms with Crippen LogP contribution in [0.1, 0.15) is 0 Å². The van der Waals surface area contributed by atoms with Crippen LogP contribution in [0.5, 0.6) is 0 Å². The summed E-state index contributed by atoms with van der Waals surface area (Å²) in [7, 11) is 0. The summed E-state index contributed by atoms with van der Waals surface area (Å²) in [6.07, 6.45) is 1.54. The average molecular weight is 140 g/mol. The Balaban J connectivity index is 3.34. The number of hydrogen-bond donors (Lipinski definition) is 4. The number of aromatic nitrogens is 1. The zero-order chi connectivity index (χ0) is 7.72. The van der Waals surface area contributed by atoms with Gasteiger partial charge in [0.2, 0.25) is 0 Å². The van der Waals surface area contributed by atoms with E-state index in [-0.39, 0.29) is 5.82 Å². The first-order chi connectivity index (χ1) is 4.63. The second-order valence-corrected chi connectivity index (χ2v) is 1.98. The summed E-state index contributed by atoms with van der Waals surface area (Å²) in [5.74, 6) is 5.62. The Morgan fingerprint density at radius 1 is 1.20 bits per heavy atom. The SMILES string of the molecule is Nc1cc[n+](N)c(N)c1N. The summed E-state index contributed by atoms with van der Waals surface area (Å²) >= 11 is 0. The molecule has 0 aliphatic carbocycles. The number of rotatable bonds is 0. The van der Waals surface area contributed by atoms with Crippen molar-refractivity contribution in [3.05, 3.63) is 12.3 Å². The van der Waals surface area contributed by atoms with E-state index in [1.807, 2.05) is 0 Å². The van der Waals surface area contributed by atoms with Crippen LogP contribution < -0.4 is 27.7 Å². The van der Waals surface area contributed by atoms with Crippen molar-refractivity contribution in [3.8, 4) is 0 Å². The first kappa shape index (κ1) is 6.47. The van der Waals surface area contributed by atoms with Crippen molar-refractivity contribution >= 4 is 17.2 Å². The van der Waals surface area contributed by atoms with E-state index in [4.69, 9.17) is 23.0 Å². The predicted molar refractivity (Wildman–Crippen MR) is 40.0 cm³/mol. The fraction of sp³-hybridized carbons (Fsp3) is 0. The van der Waals surface area contributed by atoms with E-state index < -0.39 is 0 Å². The van der Waals surface area contributed by atoms with Gasteiger partial charge in [-0.25, -0.2) is 0 Å². The molecule has 0 aromatic carbocycles. The minimum Gasteiger partial charge on any atom is -0.397 e. The van der Waals surface area contributed by atoms with Crippen LogP contribution >= 0.6 is 0 Å². The van der Waals surface area contributed by atoms with Gasteiger partial charge in [-0.3, -0.25) is 11.6 Å². The van der Waals surface area contributed by atoms with Crippen molar-refractivity contribution in [1.82, 2.24) is 0 Å². The van der Waals surface area contributed by atoms with Crippen LogP contribution in [0.3, 0.4) is 0 Å². The van der Waals surface area contributed by atoms with Gasteiger partial charge in [0.15, 0.2) is 0 Å². The van der Waals surface area contributed by atoms with E-state index in [1.54, 1.807) is 12.3 Å². The molecule has 0 spiro atoms. The maximum absolute atomic E-state index is 5.43. The highest BCUT2D eigenvalue weighted by Gasteiger charge is 2.07. The molecule has 0 fully saturated rings. The second kappa shape index (κ2) is 1.94. The zero-order valence-electron chi connectivity index (χ0n) is 5.41. The highest BCUT2D eigenvalue weighted by Crippen LogP contribution is 2.15. The van der Waals surface area contributed by atoms with Crippen LogP contribution in [0.2, 0.25) is 0 Å². The summed E-state index contributed by atoms with van der Waals surface area (Å²) in [6, 6.07) is 1.59. The maximum atomic E-state index is 5.43. The van der Waals surface area contributed by atoms with Gasteiger partial charge in [-0.15, -0.1) is 4.68 Å². The third kappa shape index (κ3) is 0.771. The largest absolute Gasteiger partial charge is 0.397 e. The van der Waals surface area contributed by atoms with Gasteiger partial charge < -0.3 is 11.5 Å². The Kier molecular flexibility index (Phi) is 1.26. The molecule has 1 aromatic rings. The number of anilines is 3. The van der Waals surface area contributed by atoms with Gasteiger partial charge in [0.1, 0.15) is 11.9 Å². The van der Waals surface area contributed by atoms with Crippen molar-refractivity contribution < 1.29 is 4.68 Å². The lowest BCUT2D eigenvalue weighted by Crippen LogP contribution is -2.47. The number of hydrogen-bond acceptors (Lipinski definition) is 4. The van der Waals surface area contributed by atoms with Gasteiger partial charge in [-0.1, -0.05) is 0 Å². The van der Waals surface area contributed by atoms with E-state index in [1.165, 1.54) is 4.68 Å². The van der Waals surface area contributed by atoms with Gasteiger partial charge in [0.25, 0.3) is 0 Å². The molecular formula is C5H10N5+. The fourth-order valence-corrected chi connectivity index (χ4v) is 0.618. The van der Waals surface area contributed by atoms with Gasteiger partial charge in [-0.05, 0) is 0 Å². The molecule has 1 heterocycles. The molecular weight excluding hydrogens is 130 g/mol. The highest BCUT2D eigenvalue weighted by molar-refractivity contribution is 5.71. The number of nitrogens with two attached hydrogens (primary N) is 4. The lowest BCUT2D eigenvalue weighted by Gasteiger charge is -2.00. The van der Waals surface area contributed by atoms with Crippen molar-refractivity contribution in [3.63, 3.8) is 0 Å². The normalized spacial score (nSPS) is 9.60. The molecule has 0 radical (unpaired) electrons. The van der Waals surface area contributed by atoms with Crippen LogP contribution in [0.15, 0.2) is 12.3 Å². The van der Waals surface area contributed by atoms with Crippen molar-refractivity contribution in [1.29, 1.82) is 0 Å². The molecule has 0 atom stereocenters. The molecule has 0 saturated heterocycles. The molecule has 1 aromatic heterocycles. The number of nitrogens with zero attached hydrogens (tertiary/aromatic N) is 1. The Morgan fingerprint density at radius 2 is 1.80 bits per heavy atom. The van der Waals surface area contributed by atoms with Crippen LogP contribution in [-0.4, -0.2) is 0 Å². The molecule has 0 unspecified atom stereocenters. The second-order valence-electron chi connectivity index (χ2n) is 1.98. The summed E-state index contributed by atoms with van der Waals surface area (Å²) in [5, 5.41) is 0. The highest BCUT2D eigenvalue weighted by atomic mass is 15.3. The molecule has 0 saturated carbocycles.